The molecule has 0 fully saturated rings. The highest BCUT2D eigenvalue weighted by Gasteiger charge is 2.05. The van der Waals surface area contributed by atoms with E-state index >= 15 is 0 Å². The molecule has 0 aliphatic rings. The number of hydrogen-bond donors (Lipinski definition) is 1. The molecule has 74 valence electrons. The second-order valence-corrected chi connectivity index (χ2v) is 4.43. The Bertz CT molecular complexity index is 104. The van der Waals surface area contributed by atoms with E-state index in [4.69, 9.17) is 0 Å². The van der Waals surface area contributed by atoms with Crippen LogP contribution in [0.4, 0.5) is 0 Å². The maximum Gasteiger partial charge on any atom is 0.00355 e. The van der Waals surface area contributed by atoms with Crippen molar-refractivity contribution in [3.63, 3.8) is 0 Å². The number of hydrogen-bond acceptors (Lipinski definition) is 2. The van der Waals surface area contributed by atoms with Crippen molar-refractivity contribution in [2.75, 3.05) is 19.3 Å². The minimum Gasteiger partial charge on any atom is -0.304 e. The fraction of sp³-hybridized carbons (Fsp3) is 1.00. The first-order valence-electron chi connectivity index (χ1n) is 4.89. The largest absolute Gasteiger partial charge is 0.304 e. The van der Waals surface area contributed by atoms with Crippen LogP contribution in [0.1, 0.15) is 33.6 Å². The van der Waals surface area contributed by atoms with Gasteiger partial charge in [-0.2, -0.15) is 12.6 Å². The molecule has 12 heavy (non-hydrogen) atoms. The van der Waals surface area contributed by atoms with E-state index in [0.717, 1.165) is 11.7 Å². The summed E-state index contributed by atoms with van der Waals surface area (Å²) in [4.78, 5) is 2.40. The van der Waals surface area contributed by atoms with Crippen LogP contribution in [0.3, 0.4) is 0 Å². The maximum atomic E-state index is 4.23. The van der Waals surface area contributed by atoms with E-state index in [2.05, 4.69) is 45.3 Å². The predicted octanol–water partition coefficient (Wildman–Crippen LogP) is 2.67. The number of thiol groups is 1. The fourth-order valence-corrected chi connectivity index (χ4v) is 1.49. The molecule has 0 aliphatic carbocycles. The van der Waals surface area contributed by atoms with Gasteiger partial charge in [-0.15, -0.1) is 0 Å². The van der Waals surface area contributed by atoms with Crippen LogP contribution < -0.4 is 0 Å². The van der Waals surface area contributed by atoms with Gasteiger partial charge in [-0.25, -0.2) is 0 Å². The molecule has 0 amide bonds. The highest BCUT2D eigenvalue weighted by Crippen LogP contribution is 2.09. The second-order valence-electron chi connectivity index (χ2n) is 3.98. The van der Waals surface area contributed by atoms with E-state index in [1.165, 1.54) is 19.4 Å². The monoisotopic (exact) mass is 189 g/mol. The molecular weight excluding hydrogens is 166 g/mol. The summed E-state index contributed by atoms with van der Waals surface area (Å²) < 4.78 is 0. The van der Waals surface area contributed by atoms with Crippen molar-refractivity contribution in [2.45, 2.75) is 39.7 Å². The molecule has 0 aromatic carbocycles. The Morgan fingerprint density at radius 3 is 2.17 bits per heavy atom. The van der Waals surface area contributed by atoms with E-state index in [-0.39, 0.29) is 0 Å². The SMILES string of the molecule is CC(CCS)CCN(C)C(C)C. The minimum absolute atomic E-state index is 0.674. The van der Waals surface area contributed by atoms with Crippen molar-refractivity contribution in [3.8, 4) is 0 Å². The second kappa shape index (κ2) is 6.79. The van der Waals surface area contributed by atoms with Crippen LogP contribution in [-0.4, -0.2) is 30.3 Å². The van der Waals surface area contributed by atoms with Gasteiger partial charge in [0.15, 0.2) is 0 Å². The lowest BCUT2D eigenvalue weighted by atomic mass is 10.0. The zero-order valence-electron chi connectivity index (χ0n) is 8.88. The summed E-state index contributed by atoms with van der Waals surface area (Å²) in [6.07, 6.45) is 2.55. The van der Waals surface area contributed by atoms with E-state index < -0.39 is 0 Å². The van der Waals surface area contributed by atoms with Crippen LogP contribution in [0, 0.1) is 5.92 Å². The smallest absolute Gasteiger partial charge is 0.00355 e. The van der Waals surface area contributed by atoms with Crippen molar-refractivity contribution >= 4 is 12.6 Å². The van der Waals surface area contributed by atoms with Crippen LogP contribution in [0.5, 0.6) is 0 Å². The van der Waals surface area contributed by atoms with Crippen molar-refractivity contribution in [2.24, 2.45) is 5.92 Å². The topological polar surface area (TPSA) is 3.24 Å². The van der Waals surface area contributed by atoms with E-state index in [0.29, 0.717) is 6.04 Å². The van der Waals surface area contributed by atoms with Gasteiger partial charge < -0.3 is 4.90 Å². The predicted molar refractivity (Wildman–Crippen MR) is 60.0 cm³/mol. The summed E-state index contributed by atoms with van der Waals surface area (Å²) >= 11 is 4.23. The van der Waals surface area contributed by atoms with Gasteiger partial charge in [-0.05, 0) is 52.0 Å². The van der Waals surface area contributed by atoms with E-state index in [9.17, 15) is 0 Å². The molecule has 0 aromatic rings. The third-order valence-electron chi connectivity index (χ3n) is 2.48. The number of rotatable bonds is 6. The van der Waals surface area contributed by atoms with Crippen molar-refractivity contribution in [1.82, 2.24) is 4.90 Å². The summed E-state index contributed by atoms with van der Waals surface area (Å²) in [5.74, 6) is 1.84. The molecule has 0 saturated carbocycles. The van der Waals surface area contributed by atoms with Gasteiger partial charge in [-0.1, -0.05) is 6.92 Å². The Morgan fingerprint density at radius 1 is 1.17 bits per heavy atom. The summed E-state index contributed by atoms with van der Waals surface area (Å²) in [7, 11) is 2.19. The zero-order valence-corrected chi connectivity index (χ0v) is 9.77. The first-order valence-corrected chi connectivity index (χ1v) is 5.52. The molecule has 1 atom stereocenters. The molecule has 0 bridgehead atoms. The van der Waals surface area contributed by atoms with E-state index in [1.54, 1.807) is 0 Å². The first kappa shape index (κ1) is 12.3. The Hall–Kier alpha value is 0.310. The molecule has 0 saturated heterocycles. The third kappa shape index (κ3) is 5.90. The minimum atomic E-state index is 0.674. The van der Waals surface area contributed by atoms with Gasteiger partial charge in [0, 0.05) is 6.04 Å². The van der Waals surface area contributed by atoms with Crippen molar-refractivity contribution < 1.29 is 0 Å². The van der Waals surface area contributed by atoms with Gasteiger partial charge >= 0.3 is 0 Å². The lowest BCUT2D eigenvalue weighted by molar-refractivity contribution is 0.253. The van der Waals surface area contributed by atoms with Crippen LogP contribution in [0.2, 0.25) is 0 Å². The molecule has 1 unspecified atom stereocenters. The number of nitrogens with zero attached hydrogens (tertiary/aromatic N) is 1. The molecule has 0 N–H and O–H groups in total. The molecule has 2 heteroatoms. The molecule has 0 aliphatic heterocycles. The molecule has 0 spiro atoms. The highest BCUT2D eigenvalue weighted by molar-refractivity contribution is 7.80. The Balaban J connectivity index is 3.40. The molecule has 0 heterocycles. The summed E-state index contributed by atoms with van der Waals surface area (Å²) in [6, 6.07) is 0.674. The van der Waals surface area contributed by atoms with Gasteiger partial charge in [0.25, 0.3) is 0 Å². The Labute approximate surface area is 82.9 Å². The molecule has 1 nitrogen and oxygen atoms in total. The quantitative estimate of drug-likeness (QED) is 0.629. The normalized spacial score (nSPS) is 14.2. The summed E-state index contributed by atoms with van der Waals surface area (Å²) in [5.41, 5.74) is 0. The standard InChI is InChI=1S/C10H23NS/c1-9(2)11(4)7-5-10(3)6-8-12/h9-10,12H,5-8H2,1-4H3. The average molecular weight is 189 g/mol. The molecule has 0 radical (unpaired) electrons. The lowest BCUT2D eigenvalue weighted by Gasteiger charge is -2.22. The molecule has 0 rings (SSSR count). The summed E-state index contributed by atoms with van der Waals surface area (Å²) in [6.45, 7) is 8.00. The lowest BCUT2D eigenvalue weighted by Crippen LogP contribution is -2.28. The Kier molecular flexibility index (Phi) is 6.96. The van der Waals surface area contributed by atoms with Crippen LogP contribution in [0.15, 0.2) is 0 Å². The van der Waals surface area contributed by atoms with Gasteiger partial charge in [0.1, 0.15) is 0 Å². The highest BCUT2D eigenvalue weighted by atomic mass is 32.1. The average Bonchev–Trinajstić information content (AvgIpc) is 2.00. The van der Waals surface area contributed by atoms with Gasteiger partial charge in [-0.3, -0.25) is 0 Å². The zero-order chi connectivity index (χ0) is 9.56. The van der Waals surface area contributed by atoms with Crippen molar-refractivity contribution in [1.29, 1.82) is 0 Å². The van der Waals surface area contributed by atoms with Crippen LogP contribution in [-0.2, 0) is 0 Å². The maximum absolute atomic E-state index is 4.23. The fourth-order valence-electron chi connectivity index (χ4n) is 1.05. The van der Waals surface area contributed by atoms with Crippen molar-refractivity contribution in [3.05, 3.63) is 0 Å². The van der Waals surface area contributed by atoms with Crippen LogP contribution >= 0.6 is 12.6 Å². The Morgan fingerprint density at radius 2 is 1.75 bits per heavy atom. The summed E-state index contributed by atoms with van der Waals surface area (Å²) in [5, 5.41) is 0. The van der Waals surface area contributed by atoms with E-state index in [1.807, 2.05) is 0 Å². The molecule has 0 aromatic heterocycles. The first-order chi connectivity index (χ1) is 5.57. The van der Waals surface area contributed by atoms with Gasteiger partial charge in [0.05, 0.1) is 0 Å². The van der Waals surface area contributed by atoms with Gasteiger partial charge in [0.2, 0.25) is 0 Å². The third-order valence-corrected chi connectivity index (χ3v) is 2.74. The van der Waals surface area contributed by atoms with Crippen LogP contribution in [0.25, 0.3) is 0 Å². The molecular formula is C10H23NS.